The van der Waals surface area contributed by atoms with Crippen LogP contribution in [0, 0.1) is 5.92 Å². The first-order valence-corrected chi connectivity index (χ1v) is 12.7. The van der Waals surface area contributed by atoms with Gasteiger partial charge in [-0.1, -0.05) is 44.5 Å². The molecule has 0 aliphatic carbocycles. The summed E-state index contributed by atoms with van der Waals surface area (Å²) in [6.07, 6.45) is 7.93. The summed E-state index contributed by atoms with van der Waals surface area (Å²) in [6.45, 7) is 7.75. The number of amides is 1. The maximum absolute atomic E-state index is 12.9. The maximum atomic E-state index is 12.9. The first-order valence-electron chi connectivity index (χ1n) is 12.3. The van der Waals surface area contributed by atoms with Crippen LogP contribution in [-0.4, -0.2) is 55.1 Å². The van der Waals surface area contributed by atoms with Gasteiger partial charge in [0.2, 0.25) is 5.91 Å². The lowest BCUT2D eigenvalue weighted by Crippen LogP contribution is -2.54. The minimum Gasteiger partial charge on any atom is -0.394 e. The predicted octanol–water partition coefficient (Wildman–Crippen LogP) is 3.97. The van der Waals surface area contributed by atoms with Crippen LogP contribution in [0.25, 0.3) is 16.6 Å². The highest BCUT2D eigenvalue weighted by molar-refractivity contribution is 6.30. The van der Waals surface area contributed by atoms with E-state index < -0.39 is 0 Å². The van der Waals surface area contributed by atoms with Crippen LogP contribution in [0.3, 0.4) is 0 Å². The van der Waals surface area contributed by atoms with Crippen LogP contribution in [0.15, 0.2) is 55.2 Å². The van der Waals surface area contributed by atoms with Crippen LogP contribution in [0.2, 0.25) is 5.02 Å². The summed E-state index contributed by atoms with van der Waals surface area (Å²) >= 11 is 5.99. The van der Waals surface area contributed by atoms with Crippen LogP contribution in [0.1, 0.15) is 38.8 Å². The SMILES string of the molecule is CC.CCC(NC(=O)C1CN(c2ncnn3cc(-c4cnn(CCO)c4)cc23)C1)c1ccc(Cl)cc1. The van der Waals surface area contributed by atoms with Gasteiger partial charge in [0.15, 0.2) is 5.82 Å². The van der Waals surface area contributed by atoms with Gasteiger partial charge in [-0.05, 0) is 30.2 Å². The maximum Gasteiger partial charge on any atom is 0.227 e. The molecule has 3 aromatic heterocycles. The number of nitrogens with zero attached hydrogens (tertiary/aromatic N) is 6. The van der Waals surface area contributed by atoms with E-state index in [1.165, 1.54) is 6.33 Å². The van der Waals surface area contributed by atoms with Crippen LogP contribution < -0.4 is 10.2 Å². The Morgan fingerprint density at radius 2 is 1.92 bits per heavy atom. The Bertz CT molecular complexity index is 1300. The molecular weight excluding hydrogens is 478 g/mol. The number of fused-ring (bicyclic) bond motifs is 1. The van der Waals surface area contributed by atoms with Crippen molar-refractivity contribution in [2.24, 2.45) is 5.92 Å². The second-order valence-corrected chi connectivity index (χ2v) is 8.92. The minimum atomic E-state index is -0.0949. The molecule has 1 aliphatic heterocycles. The van der Waals surface area contributed by atoms with E-state index in [4.69, 9.17) is 16.7 Å². The number of halogens is 1. The normalized spacial score (nSPS) is 14.2. The van der Waals surface area contributed by atoms with Gasteiger partial charge in [-0.15, -0.1) is 0 Å². The average molecular weight is 510 g/mol. The second-order valence-electron chi connectivity index (χ2n) is 8.48. The lowest BCUT2D eigenvalue weighted by molar-refractivity contribution is -0.126. The van der Waals surface area contributed by atoms with Crippen LogP contribution >= 0.6 is 11.6 Å². The number of hydrogen-bond donors (Lipinski definition) is 2. The van der Waals surface area contributed by atoms with Crippen LogP contribution in [0.5, 0.6) is 0 Å². The van der Waals surface area contributed by atoms with E-state index in [1.54, 1.807) is 15.4 Å². The molecule has 36 heavy (non-hydrogen) atoms. The lowest BCUT2D eigenvalue weighted by atomic mass is 9.97. The number of carbonyl (C=O) groups is 1. The first-order chi connectivity index (χ1) is 17.6. The standard InChI is InChI=1S/C24H26ClN7O2.C2H6/c1-2-21(16-3-5-20(25)6-4-16)29-24(34)19-11-30(12-19)23-22-9-17(14-32(22)28-15-26-23)18-10-27-31(13-18)7-8-33;1-2/h3-6,9-10,13-15,19,21,33H,2,7-8,11-12H2,1H3,(H,29,34);1-2H3. The molecule has 1 aromatic carbocycles. The number of rotatable bonds is 8. The van der Waals surface area contributed by atoms with Gasteiger partial charge in [-0.3, -0.25) is 9.48 Å². The van der Waals surface area contributed by atoms with E-state index >= 15 is 0 Å². The third-order valence-corrected chi connectivity index (χ3v) is 6.48. The van der Waals surface area contributed by atoms with Crippen molar-refractivity contribution >= 4 is 28.8 Å². The van der Waals surface area contributed by atoms with E-state index in [2.05, 4.69) is 32.3 Å². The van der Waals surface area contributed by atoms with E-state index in [-0.39, 0.29) is 24.5 Å². The molecule has 1 unspecified atom stereocenters. The fourth-order valence-corrected chi connectivity index (χ4v) is 4.40. The van der Waals surface area contributed by atoms with Crippen molar-refractivity contribution in [1.82, 2.24) is 29.7 Å². The summed E-state index contributed by atoms with van der Waals surface area (Å²) in [5.41, 5.74) is 3.84. The number of nitrogens with one attached hydrogen (secondary N) is 1. The highest BCUT2D eigenvalue weighted by Crippen LogP contribution is 2.31. The molecule has 190 valence electrons. The van der Waals surface area contributed by atoms with Gasteiger partial charge in [0.05, 0.1) is 31.3 Å². The molecule has 1 aliphatic rings. The highest BCUT2D eigenvalue weighted by Gasteiger charge is 2.35. The van der Waals surface area contributed by atoms with Crippen molar-refractivity contribution in [3.8, 4) is 11.1 Å². The van der Waals surface area contributed by atoms with E-state index in [0.717, 1.165) is 34.4 Å². The van der Waals surface area contributed by atoms with Gasteiger partial charge >= 0.3 is 0 Å². The van der Waals surface area contributed by atoms with Crippen LogP contribution in [-0.2, 0) is 11.3 Å². The summed E-state index contributed by atoms with van der Waals surface area (Å²) in [6, 6.07) is 9.60. The molecule has 4 aromatic rings. The third-order valence-electron chi connectivity index (χ3n) is 6.23. The molecule has 0 saturated carbocycles. The van der Waals surface area contributed by atoms with Crippen molar-refractivity contribution < 1.29 is 9.90 Å². The zero-order chi connectivity index (χ0) is 25.7. The van der Waals surface area contributed by atoms with Crippen molar-refractivity contribution in [3.05, 3.63) is 65.8 Å². The number of benzene rings is 1. The fourth-order valence-electron chi connectivity index (χ4n) is 4.28. The zero-order valence-corrected chi connectivity index (χ0v) is 21.6. The Morgan fingerprint density at radius 1 is 1.17 bits per heavy atom. The molecule has 2 N–H and O–H groups in total. The van der Waals surface area contributed by atoms with E-state index in [0.29, 0.717) is 24.7 Å². The third kappa shape index (κ3) is 5.37. The molecule has 1 atom stereocenters. The van der Waals surface area contributed by atoms with Gasteiger partial charge in [-0.2, -0.15) is 10.2 Å². The summed E-state index contributed by atoms with van der Waals surface area (Å²) < 4.78 is 3.50. The van der Waals surface area contributed by atoms with Gasteiger partial charge in [-0.25, -0.2) is 9.50 Å². The smallest absolute Gasteiger partial charge is 0.227 e. The average Bonchev–Trinajstić information content (AvgIpc) is 3.51. The van der Waals surface area contributed by atoms with E-state index in [9.17, 15) is 4.79 Å². The molecule has 0 radical (unpaired) electrons. The molecule has 9 nitrogen and oxygen atoms in total. The molecule has 1 saturated heterocycles. The molecule has 10 heteroatoms. The summed E-state index contributed by atoms with van der Waals surface area (Å²) in [5.74, 6) is 0.760. The van der Waals surface area contributed by atoms with Crippen molar-refractivity contribution in [3.63, 3.8) is 0 Å². The van der Waals surface area contributed by atoms with Crippen molar-refractivity contribution in [2.75, 3.05) is 24.6 Å². The summed E-state index contributed by atoms with van der Waals surface area (Å²) in [4.78, 5) is 19.5. The molecule has 5 rings (SSSR count). The molecule has 4 heterocycles. The van der Waals surface area contributed by atoms with Crippen molar-refractivity contribution in [2.45, 2.75) is 39.8 Å². The Labute approximate surface area is 215 Å². The fraction of sp³-hybridized carbons (Fsp3) is 0.385. The Kier molecular flexibility index (Phi) is 8.22. The number of aromatic nitrogens is 5. The van der Waals surface area contributed by atoms with E-state index in [1.807, 2.05) is 56.6 Å². The predicted molar refractivity (Wildman–Crippen MR) is 141 cm³/mol. The first kappa shape index (κ1) is 25.7. The van der Waals surface area contributed by atoms with Gasteiger partial charge in [0.1, 0.15) is 11.8 Å². The largest absolute Gasteiger partial charge is 0.394 e. The number of aliphatic hydroxyl groups is 1. The highest BCUT2D eigenvalue weighted by atomic mass is 35.5. The molecule has 0 spiro atoms. The number of aliphatic hydroxyl groups excluding tert-OH is 1. The van der Waals surface area contributed by atoms with Crippen LogP contribution in [0.4, 0.5) is 5.82 Å². The quantitative estimate of drug-likeness (QED) is 0.373. The van der Waals surface area contributed by atoms with Gasteiger partial charge < -0.3 is 15.3 Å². The summed E-state index contributed by atoms with van der Waals surface area (Å²) in [5, 5.41) is 21.6. The topological polar surface area (TPSA) is 101 Å². The van der Waals surface area contributed by atoms with Gasteiger partial charge in [0.25, 0.3) is 0 Å². The molecule has 0 bridgehead atoms. The summed E-state index contributed by atoms with van der Waals surface area (Å²) in [7, 11) is 0. The molecule has 1 fully saturated rings. The number of carbonyl (C=O) groups excluding carboxylic acids is 1. The lowest BCUT2D eigenvalue weighted by Gasteiger charge is -2.39. The number of hydrogen-bond acceptors (Lipinski definition) is 6. The zero-order valence-electron chi connectivity index (χ0n) is 20.8. The Hall–Kier alpha value is -3.43. The molecular formula is C26H32ClN7O2. The Balaban J connectivity index is 0.00000148. The Morgan fingerprint density at radius 3 is 2.61 bits per heavy atom. The number of anilines is 1. The van der Waals surface area contributed by atoms with Crippen molar-refractivity contribution in [1.29, 1.82) is 0 Å². The minimum absolute atomic E-state index is 0.0375. The second kappa shape index (κ2) is 11.5. The molecule has 1 amide bonds. The van der Waals surface area contributed by atoms with Gasteiger partial charge in [0, 0.05) is 41.6 Å². The monoisotopic (exact) mass is 509 g/mol.